The van der Waals surface area contributed by atoms with Gasteiger partial charge < -0.3 is 14.9 Å². The van der Waals surface area contributed by atoms with Crippen LogP contribution in [-0.2, 0) is 6.54 Å². The fourth-order valence-corrected chi connectivity index (χ4v) is 4.05. The van der Waals surface area contributed by atoms with E-state index >= 15 is 0 Å². The van der Waals surface area contributed by atoms with Crippen molar-refractivity contribution in [3.05, 3.63) is 47.9 Å². The lowest BCUT2D eigenvalue weighted by molar-refractivity contribution is 0.154. The highest BCUT2D eigenvalue weighted by atomic mass is 19.1. The number of piperidine rings is 1. The Morgan fingerprint density at radius 1 is 1.04 bits per heavy atom. The zero-order valence-corrected chi connectivity index (χ0v) is 16.2. The number of anilines is 2. The van der Waals surface area contributed by atoms with Crippen LogP contribution in [0.4, 0.5) is 16.2 Å². The van der Waals surface area contributed by atoms with Gasteiger partial charge in [0.15, 0.2) is 0 Å². The standard InChI is InChI=1S/C21H28FN5O/c22-18-5-1-4-17(14-18)15-25-9-3-11-26(13-12-25)21-23-8-7-20(24-21)27-10-2-6-19(28)16-27/h1,4-5,7-8,14,19,28H,2-3,6,9-13,15-16H2. The smallest absolute Gasteiger partial charge is 0.227 e. The van der Waals surface area contributed by atoms with E-state index in [1.165, 1.54) is 6.07 Å². The average molecular weight is 385 g/mol. The van der Waals surface area contributed by atoms with Crippen molar-refractivity contribution in [2.75, 3.05) is 49.1 Å². The maximum Gasteiger partial charge on any atom is 0.227 e. The van der Waals surface area contributed by atoms with Crippen LogP contribution in [0.25, 0.3) is 0 Å². The van der Waals surface area contributed by atoms with Gasteiger partial charge in [-0.25, -0.2) is 9.37 Å². The summed E-state index contributed by atoms with van der Waals surface area (Å²) in [7, 11) is 0. The van der Waals surface area contributed by atoms with E-state index in [4.69, 9.17) is 4.98 Å². The highest BCUT2D eigenvalue weighted by molar-refractivity contribution is 5.44. The number of β-amino-alcohol motifs (C(OH)–C–C–N with tert-alkyl or cyclic N) is 1. The minimum Gasteiger partial charge on any atom is -0.391 e. The molecular weight excluding hydrogens is 357 g/mol. The van der Waals surface area contributed by atoms with E-state index in [2.05, 4.69) is 19.7 Å². The molecule has 1 aromatic carbocycles. The van der Waals surface area contributed by atoms with Crippen molar-refractivity contribution in [1.29, 1.82) is 0 Å². The Morgan fingerprint density at radius 2 is 1.93 bits per heavy atom. The molecule has 0 amide bonds. The second-order valence-electron chi connectivity index (χ2n) is 7.70. The van der Waals surface area contributed by atoms with E-state index in [-0.39, 0.29) is 11.9 Å². The van der Waals surface area contributed by atoms with Gasteiger partial charge in [-0.2, -0.15) is 4.98 Å². The van der Waals surface area contributed by atoms with Crippen molar-refractivity contribution in [3.63, 3.8) is 0 Å². The first kappa shape index (κ1) is 19.1. The van der Waals surface area contributed by atoms with Crippen molar-refractivity contribution < 1.29 is 9.50 Å². The molecule has 3 heterocycles. The number of benzene rings is 1. The third kappa shape index (κ3) is 4.77. The largest absolute Gasteiger partial charge is 0.391 e. The molecule has 2 aromatic rings. The van der Waals surface area contributed by atoms with Gasteiger partial charge in [0.25, 0.3) is 0 Å². The lowest BCUT2D eigenvalue weighted by atomic mass is 10.1. The van der Waals surface area contributed by atoms with Crippen LogP contribution >= 0.6 is 0 Å². The Morgan fingerprint density at radius 3 is 2.79 bits per heavy atom. The zero-order valence-electron chi connectivity index (χ0n) is 16.2. The maximum atomic E-state index is 13.4. The van der Waals surface area contributed by atoms with Gasteiger partial charge in [-0.1, -0.05) is 12.1 Å². The SMILES string of the molecule is OC1CCCN(c2ccnc(N3CCCN(Cc4cccc(F)c4)CC3)n2)C1. The van der Waals surface area contributed by atoms with Gasteiger partial charge in [-0.3, -0.25) is 4.90 Å². The molecule has 0 saturated carbocycles. The molecule has 2 fully saturated rings. The molecule has 0 spiro atoms. The molecular formula is C21H28FN5O. The third-order valence-electron chi connectivity index (χ3n) is 5.52. The van der Waals surface area contributed by atoms with Gasteiger partial charge in [-0.15, -0.1) is 0 Å². The normalized spacial score (nSPS) is 21.6. The number of aliphatic hydroxyl groups is 1. The van der Waals surface area contributed by atoms with Gasteiger partial charge in [-0.05, 0) is 43.0 Å². The molecule has 4 rings (SSSR count). The minimum absolute atomic E-state index is 0.179. The molecule has 150 valence electrons. The van der Waals surface area contributed by atoms with Crippen molar-refractivity contribution in [1.82, 2.24) is 14.9 Å². The van der Waals surface area contributed by atoms with Crippen LogP contribution in [0.2, 0.25) is 0 Å². The molecule has 1 unspecified atom stereocenters. The van der Waals surface area contributed by atoms with Crippen molar-refractivity contribution in [2.45, 2.75) is 31.9 Å². The molecule has 28 heavy (non-hydrogen) atoms. The summed E-state index contributed by atoms with van der Waals surface area (Å²) in [5.41, 5.74) is 1.01. The zero-order chi connectivity index (χ0) is 19.3. The minimum atomic E-state index is -0.276. The van der Waals surface area contributed by atoms with Crippen LogP contribution in [0.5, 0.6) is 0 Å². The van der Waals surface area contributed by atoms with Crippen LogP contribution in [0.3, 0.4) is 0 Å². The fourth-order valence-electron chi connectivity index (χ4n) is 4.05. The first-order valence-electron chi connectivity index (χ1n) is 10.2. The predicted octanol–water partition coefficient (Wildman–Crippen LogP) is 2.29. The number of nitrogens with zero attached hydrogens (tertiary/aromatic N) is 5. The number of aliphatic hydroxyl groups excluding tert-OH is 1. The van der Waals surface area contributed by atoms with E-state index in [1.54, 1.807) is 12.1 Å². The van der Waals surface area contributed by atoms with Gasteiger partial charge in [0.05, 0.1) is 6.10 Å². The van der Waals surface area contributed by atoms with Crippen LogP contribution in [0.15, 0.2) is 36.5 Å². The van der Waals surface area contributed by atoms with Gasteiger partial charge in [0, 0.05) is 52.0 Å². The summed E-state index contributed by atoms with van der Waals surface area (Å²) in [6.45, 7) is 5.95. The quantitative estimate of drug-likeness (QED) is 0.872. The van der Waals surface area contributed by atoms with Crippen LogP contribution in [0, 0.1) is 5.82 Å². The molecule has 2 aliphatic rings. The molecule has 7 heteroatoms. The summed E-state index contributed by atoms with van der Waals surface area (Å²) in [4.78, 5) is 16.0. The topological polar surface area (TPSA) is 55.7 Å². The molecule has 2 aliphatic heterocycles. The number of hydrogen-bond acceptors (Lipinski definition) is 6. The van der Waals surface area contributed by atoms with Crippen LogP contribution in [-0.4, -0.2) is 65.3 Å². The second-order valence-corrected chi connectivity index (χ2v) is 7.70. The molecule has 1 atom stereocenters. The highest BCUT2D eigenvalue weighted by Crippen LogP contribution is 2.21. The maximum absolute atomic E-state index is 13.4. The molecule has 1 aromatic heterocycles. The molecule has 2 saturated heterocycles. The van der Waals surface area contributed by atoms with E-state index < -0.39 is 0 Å². The van der Waals surface area contributed by atoms with Gasteiger partial charge in [0.1, 0.15) is 11.6 Å². The van der Waals surface area contributed by atoms with E-state index in [1.807, 2.05) is 18.3 Å². The molecule has 1 N–H and O–H groups in total. The second kappa shape index (κ2) is 8.84. The Bertz CT molecular complexity index is 789. The van der Waals surface area contributed by atoms with Crippen LogP contribution < -0.4 is 9.80 Å². The lowest BCUT2D eigenvalue weighted by Gasteiger charge is -2.31. The highest BCUT2D eigenvalue weighted by Gasteiger charge is 2.21. The summed E-state index contributed by atoms with van der Waals surface area (Å²) < 4.78 is 13.4. The third-order valence-corrected chi connectivity index (χ3v) is 5.52. The molecule has 0 bridgehead atoms. The summed E-state index contributed by atoms with van der Waals surface area (Å²) in [6.07, 6.45) is 4.40. The summed E-state index contributed by atoms with van der Waals surface area (Å²) in [6, 6.07) is 8.77. The monoisotopic (exact) mass is 385 g/mol. The van der Waals surface area contributed by atoms with E-state index in [9.17, 15) is 9.50 Å². The van der Waals surface area contributed by atoms with Crippen molar-refractivity contribution >= 4 is 11.8 Å². The number of hydrogen-bond donors (Lipinski definition) is 1. The molecule has 0 aliphatic carbocycles. The number of aromatic nitrogens is 2. The number of halogens is 1. The number of rotatable bonds is 4. The molecule has 0 radical (unpaired) electrons. The summed E-state index contributed by atoms with van der Waals surface area (Å²) >= 11 is 0. The van der Waals surface area contributed by atoms with Crippen molar-refractivity contribution in [2.24, 2.45) is 0 Å². The molecule has 6 nitrogen and oxygen atoms in total. The first-order chi connectivity index (χ1) is 13.7. The Balaban J connectivity index is 1.39. The summed E-state index contributed by atoms with van der Waals surface area (Å²) in [5.74, 6) is 1.47. The van der Waals surface area contributed by atoms with Crippen molar-refractivity contribution in [3.8, 4) is 0 Å². The lowest BCUT2D eigenvalue weighted by Crippen LogP contribution is -2.39. The Kier molecular flexibility index (Phi) is 6.02. The fraction of sp³-hybridized carbons (Fsp3) is 0.524. The average Bonchev–Trinajstić information content (AvgIpc) is 2.94. The Hall–Kier alpha value is -2.25. The van der Waals surface area contributed by atoms with E-state index in [0.717, 1.165) is 75.9 Å². The van der Waals surface area contributed by atoms with E-state index in [0.29, 0.717) is 6.54 Å². The summed E-state index contributed by atoms with van der Waals surface area (Å²) in [5, 5.41) is 9.94. The van der Waals surface area contributed by atoms with Gasteiger partial charge >= 0.3 is 0 Å². The van der Waals surface area contributed by atoms with Gasteiger partial charge in [0.2, 0.25) is 5.95 Å². The predicted molar refractivity (Wildman–Crippen MR) is 108 cm³/mol. The first-order valence-corrected chi connectivity index (χ1v) is 10.2. The Labute approximate surface area is 165 Å². The van der Waals surface area contributed by atoms with Crippen LogP contribution in [0.1, 0.15) is 24.8 Å².